The van der Waals surface area contributed by atoms with Crippen LogP contribution >= 0.6 is 11.8 Å². The van der Waals surface area contributed by atoms with Crippen LogP contribution in [0.4, 0.5) is 5.69 Å². The summed E-state index contributed by atoms with van der Waals surface area (Å²) in [5.41, 5.74) is 12.9. The summed E-state index contributed by atoms with van der Waals surface area (Å²) in [7, 11) is 0. The number of fused-ring (bicyclic) bond motifs is 1. The minimum absolute atomic E-state index is 0. The van der Waals surface area contributed by atoms with Gasteiger partial charge in [0.2, 0.25) is 65.0 Å². The van der Waals surface area contributed by atoms with Crippen LogP contribution in [-0.2, 0) is 80.0 Å². The Bertz CT molecular complexity index is 3670. The second kappa shape index (κ2) is 45.5. The van der Waals surface area contributed by atoms with E-state index < -0.39 is 176 Å². The molecule has 0 aliphatic carbocycles. The largest absolute Gasteiger partial charge is 3.00 e. The molecule has 1 saturated heterocycles. The van der Waals surface area contributed by atoms with Gasteiger partial charge in [-0.05, 0) is 85.9 Å². The number of rotatable bonds is 41. The first-order valence-corrected chi connectivity index (χ1v) is 35.8. The van der Waals surface area contributed by atoms with Gasteiger partial charge < -0.3 is 104 Å². The Hall–Kier alpha value is -9.93. The van der Waals surface area contributed by atoms with Crippen LogP contribution < -0.4 is 80.0 Å². The third kappa shape index (κ3) is 32.4. The average Bonchev–Trinajstić information content (AvgIpc) is 1.68. The number of primary amides is 2. The van der Waals surface area contributed by atoms with Gasteiger partial charge in [-0.25, -0.2) is 4.98 Å². The summed E-state index contributed by atoms with van der Waals surface area (Å²) in [6, 6.07) is 3.24. The van der Waals surface area contributed by atoms with E-state index in [-0.39, 0.29) is 128 Å². The number of carboxylic acids is 3. The Morgan fingerprint density at radius 3 is 1.60 bits per heavy atom. The van der Waals surface area contributed by atoms with Gasteiger partial charge in [0.25, 0.3) is 5.91 Å². The molecule has 0 radical (unpaired) electrons. The van der Waals surface area contributed by atoms with Crippen LogP contribution in [0.5, 0.6) is 0 Å². The summed E-state index contributed by atoms with van der Waals surface area (Å²) in [5, 5.41) is 61.1. The van der Waals surface area contributed by atoms with Gasteiger partial charge in [-0.3, -0.25) is 77.1 Å². The maximum absolute atomic E-state index is 14.4. The third-order valence-electron chi connectivity index (χ3n) is 16.9. The number of carbonyl (C=O) groups excluding carboxylic acids is 15. The molecular weight excluding hydrogens is 1470 g/mol. The van der Waals surface area contributed by atoms with Crippen molar-refractivity contribution >= 4 is 137 Å². The fourth-order valence-electron chi connectivity index (χ4n) is 11.2. The zero-order valence-electron chi connectivity index (χ0n) is 60.6. The summed E-state index contributed by atoms with van der Waals surface area (Å²) in [5.74, 6) is -13.9. The third-order valence-corrected chi connectivity index (χ3v) is 17.6. The molecule has 1 aliphatic heterocycles. The molecule has 107 heavy (non-hydrogen) atoms. The van der Waals surface area contributed by atoms with Gasteiger partial charge in [-0.1, -0.05) is 45.9 Å². The first kappa shape index (κ1) is 89.5. The second-order valence-corrected chi connectivity index (χ2v) is 27.3. The Morgan fingerprint density at radius 2 is 1.07 bits per heavy atom. The molecule has 1 aliphatic rings. The summed E-state index contributed by atoms with van der Waals surface area (Å²) in [4.78, 5) is 213. The predicted molar refractivity (Wildman–Crippen MR) is 385 cm³/mol. The number of carbonyl (C=O) groups is 15. The molecule has 37 nitrogen and oxygen atoms in total. The first-order chi connectivity index (χ1) is 50.3. The molecule has 2 aromatic carbocycles. The number of benzene rings is 2. The Balaban J connectivity index is 0.0000242. The molecule has 5 rings (SSSR count). The molecule has 16 N–H and O–H groups in total. The van der Waals surface area contributed by atoms with E-state index in [0.29, 0.717) is 27.9 Å². The van der Waals surface area contributed by atoms with Crippen molar-refractivity contribution in [3.63, 3.8) is 0 Å². The zero-order chi connectivity index (χ0) is 78.2. The number of amides is 12. The number of carboxylic acid groups (broad SMARTS) is 3. The van der Waals surface area contributed by atoms with Gasteiger partial charge in [0.05, 0.1) is 43.9 Å². The van der Waals surface area contributed by atoms with E-state index in [4.69, 9.17) is 11.5 Å². The van der Waals surface area contributed by atoms with E-state index in [2.05, 4.69) is 68.1 Å². The van der Waals surface area contributed by atoms with Crippen molar-refractivity contribution in [1.29, 1.82) is 0 Å². The number of H-pyrrole nitrogens is 2. The summed E-state index contributed by atoms with van der Waals surface area (Å²) < 4.78 is 0. The van der Waals surface area contributed by atoms with E-state index in [1.54, 1.807) is 49.2 Å². The Kier molecular flexibility index (Phi) is 38.1. The summed E-state index contributed by atoms with van der Waals surface area (Å²) >= 11 is 1.45. The van der Waals surface area contributed by atoms with E-state index in [9.17, 15) is 87.2 Å². The second-order valence-electron chi connectivity index (χ2n) is 26.3. The Labute approximate surface area is 635 Å². The number of para-hydroxylation sites is 1. The molecule has 580 valence electrons. The molecule has 12 amide bonds. The van der Waals surface area contributed by atoms with Crippen LogP contribution in [0.1, 0.15) is 81.9 Å². The van der Waals surface area contributed by atoms with Gasteiger partial charge in [-0.2, -0.15) is 11.8 Å². The topological polar surface area (TPSA) is 555 Å². The molecule has 7 atom stereocenters. The number of aromatic nitrogens is 3. The van der Waals surface area contributed by atoms with Crippen LogP contribution in [0.3, 0.4) is 0 Å². The molecular formula is C68H96GaN19O18S. The molecule has 3 heterocycles. The molecule has 0 unspecified atom stereocenters. The average molecular weight is 1570 g/mol. The van der Waals surface area contributed by atoms with Crippen LogP contribution in [0, 0.1) is 11.8 Å². The molecule has 0 spiro atoms. The number of thioether (sulfide) groups is 1. The van der Waals surface area contributed by atoms with Crippen molar-refractivity contribution in [1.82, 2.24) is 82.4 Å². The van der Waals surface area contributed by atoms with Gasteiger partial charge in [0.1, 0.15) is 42.3 Å². The van der Waals surface area contributed by atoms with Crippen molar-refractivity contribution < 1.29 is 87.2 Å². The number of aliphatic carboxylic acids is 3. The number of hydrogen-bond donors (Lipinski definition) is 14. The van der Waals surface area contributed by atoms with Crippen LogP contribution in [-0.4, -0.2) is 289 Å². The summed E-state index contributed by atoms with van der Waals surface area (Å²) in [6.45, 7) is 5.97. The van der Waals surface area contributed by atoms with Crippen molar-refractivity contribution in [3.05, 3.63) is 84.1 Å². The van der Waals surface area contributed by atoms with Gasteiger partial charge in [0, 0.05) is 131 Å². The van der Waals surface area contributed by atoms with Crippen LogP contribution in [0.25, 0.3) is 10.9 Å². The van der Waals surface area contributed by atoms with Gasteiger partial charge in [0.15, 0.2) is 0 Å². The number of hydrogen-bond acceptors (Lipinski definition) is 24. The monoisotopic (exact) mass is 1570 g/mol. The smallest absolute Gasteiger partial charge is 0.549 e. The number of nitrogens with two attached hydrogens (primary N) is 2. The standard InChI is InChI=1S/C68H99N19O18S.Ga/c1-39(2)27-50(66(103)79-48(61(70)98)17-26-106-6)81-67(104)52(29-45-31-71-38-75-45)78-55(90)33-74-68(105)60(40(3)4)83-62(99)41(5)76-65(102)51(28-43-30-72-47-10-8-7-9-46(43)47)82-64(101)49(15-16-53(69)88)80-63(100)42-11-13-44(14-12-42)77-54(89)32-73-56(91)34-84-18-20-85(35-57(92)93)22-24-87(37-59(96)97)25-23-86(21-19-84)36-58(94)95;/h7-14,30-31,38-41,48-52,60,72H,15-29,32-37H2,1-6H3,(H2,69,88)(H2,70,98)(H,71,75)(H,73,91)(H,74,105)(H,76,102)(H,77,89)(H,78,90)(H,79,103)(H,80,100)(H,81,104)(H,82,101)(H,83,99)(H,92,93)(H,94,95)(H,96,97);/q;+3/p-3/t41-,48-,49-,50-,51-,52-,60-;/m0./s1/i;1-2. The molecule has 1 fully saturated rings. The van der Waals surface area contributed by atoms with E-state index in [0.717, 1.165) is 0 Å². The number of imidazole rings is 1. The molecule has 39 heteroatoms. The number of nitrogens with one attached hydrogen (secondary N) is 12. The van der Waals surface area contributed by atoms with Crippen molar-refractivity contribution in [2.75, 3.05) is 109 Å². The van der Waals surface area contributed by atoms with Crippen molar-refractivity contribution in [2.45, 2.75) is 115 Å². The summed E-state index contributed by atoms with van der Waals surface area (Å²) in [6.07, 6.45) is 5.57. The van der Waals surface area contributed by atoms with Crippen LogP contribution in [0.15, 0.2) is 67.3 Å². The first-order valence-electron chi connectivity index (χ1n) is 34.4. The fourth-order valence-corrected chi connectivity index (χ4v) is 11.7. The number of anilines is 1. The maximum atomic E-state index is 14.4. The van der Waals surface area contributed by atoms with Gasteiger partial charge in [-0.15, -0.1) is 0 Å². The van der Waals surface area contributed by atoms with Crippen molar-refractivity contribution in [2.24, 2.45) is 23.3 Å². The van der Waals surface area contributed by atoms with E-state index in [1.807, 2.05) is 20.1 Å². The normalized spacial score (nSPS) is 15.3. The van der Waals surface area contributed by atoms with E-state index >= 15 is 0 Å². The minimum Gasteiger partial charge on any atom is -0.549 e. The number of aromatic amines is 2. The fraction of sp³-hybridized carbons (Fsp3) is 0.529. The van der Waals surface area contributed by atoms with Crippen molar-refractivity contribution in [3.8, 4) is 0 Å². The molecule has 0 saturated carbocycles. The SMILES string of the molecule is CSCC[C@H](NC(=O)[C@H](CC(C)C)NC(=O)[C@H](Cc1cnc[nH]1)NC(=O)CNC(=O)[C@@H](NC(=O)[C@H](C)NC(=O)[C@H](Cc1c[nH]c2ccccc12)NC(=O)[C@H](CCC(N)=O)NC(=O)c1ccc(NC(=O)CNC(=O)CN2CCN(CC(=O)[O-])CCN(CC(=O)[O-])CCN(CC(=O)[O-])CC2)cc1)C(C)C)C(N)=O.[68Ga+3]. The predicted octanol–water partition coefficient (Wildman–Crippen LogP) is -8.13. The molecule has 0 bridgehead atoms. The minimum atomic E-state index is -1.51. The van der Waals surface area contributed by atoms with Crippen LogP contribution in [0.2, 0.25) is 0 Å². The zero-order valence-corrected chi connectivity index (χ0v) is 63.9. The maximum Gasteiger partial charge on any atom is 3.00 e. The quantitative estimate of drug-likeness (QED) is 0.0184. The Morgan fingerprint density at radius 1 is 0.542 bits per heavy atom. The number of nitrogens with zero attached hydrogens (tertiary/aromatic N) is 5. The van der Waals surface area contributed by atoms with Gasteiger partial charge >= 0.3 is 19.8 Å². The molecule has 4 aromatic rings. The van der Waals surface area contributed by atoms with E-state index in [1.165, 1.54) is 70.2 Å². The molecule has 2 aromatic heterocycles.